The molecule has 0 spiro atoms. The summed E-state index contributed by atoms with van der Waals surface area (Å²) in [6.45, 7) is 3.63. The minimum Gasteiger partial charge on any atom is -0.450 e. The summed E-state index contributed by atoms with van der Waals surface area (Å²) >= 11 is 0. The molecule has 21 heavy (non-hydrogen) atoms. The second kappa shape index (κ2) is 8.25. The number of likely N-dealkylation sites (tertiary alicyclic amines) is 1. The van der Waals surface area contributed by atoms with Crippen LogP contribution in [0.15, 0.2) is 0 Å². The largest absolute Gasteiger partial charge is 0.450 e. The van der Waals surface area contributed by atoms with Crippen LogP contribution < -0.4 is 5.32 Å². The number of ether oxygens (including phenoxy) is 1. The number of hydrogen-bond acceptors (Lipinski definition) is 3. The van der Waals surface area contributed by atoms with Crippen LogP contribution in [0, 0.1) is 5.92 Å². The first kappa shape index (κ1) is 16.1. The zero-order valence-corrected chi connectivity index (χ0v) is 13.1. The van der Waals surface area contributed by atoms with Gasteiger partial charge in [0.15, 0.2) is 0 Å². The summed E-state index contributed by atoms with van der Waals surface area (Å²) in [5.74, 6) is 0.835. The van der Waals surface area contributed by atoms with Crippen molar-refractivity contribution in [3.8, 4) is 0 Å². The highest BCUT2D eigenvalue weighted by Crippen LogP contribution is 2.27. The molecule has 1 N–H and O–H groups in total. The molecule has 2 fully saturated rings. The third kappa shape index (κ3) is 5.21. The number of carbonyl (C=O) groups is 2. The number of carbonyl (C=O) groups excluding carboxylic acids is 2. The van der Waals surface area contributed by atoms with E-state index in [2.05, 4.69) is 5.32 Å². The fraction of sp³-hybridized carbons (Fsp3) is 0.875. The molecule has 0 aromatic carbocycles. The molecule has 1 saturated carbocycles. The Hall–Kier alpha value is -1.26. The van der Waals surface area contributed by atoms with Crippen molar-refractivity contribution in [3.05, 3.63) is 0 Å². The average Bonchev–Trinajstić information content (AvgIpc) is 2.48. The molecule has 0 bridgehead atoms. The van der Waals surface area contributed by atoms with Crippen molar-refractivity contribution >= 4 is 12.0 Å². The molecule has 2 amide bonds. The Morgan fingerprint density at radius 3 is 2.62 bits per heavy atom. The molecule has 1 heterocycles. The highest BCUT2D eigenvalue weighted by molar-refractivity contribution is 5.76. The smallest absolute Gasteiger partial charge is 0.407 e. The van der Waals surface area contributed by atoms with Crippen LogP contribution in [0.25, 0.3) is 0 Å². The first-order chi connectivity index (χ1) is 10.2. The molecule has 5 nitrogen and oxygen atoms in total. The third-order valence-electron chi connectivity index (χ3n) is 4.56. The summed E-state index contributed by atoms with van der Waals surface area (Å²) in [5.41, 5.74) is 0. The molecule has 0 radical (unpaired) electrons. The predicted molar refractivity (Wildman–Crippen MR) is 81.0 cm³/mol. The van der Waals surface area contributed by atoms with E-state index in [0.29, 0.717) is 25.5 Å². The first-order valence-corrected chi connectivity index (χ1v) is 8.40. The highest BCUT2D eigenvalue weighted by atomic mass is 16.5. The van der Waals surface area contributed by atoms with E-state index in [1.807, 2.05) is 4.90 Å². The zero-order chi connectivity index (χ0) is 15.1. The Labute approximate surface area is 127 Å². The Morgan fingerprint density at radius 2 is 1.90 bits per heavy atom. The average molecular weight is 296 g/mol. The number of nitrogens with zero attached hydrogens (tertiary/aromatic N) is 1. The highest BCUT2D eigenvalue weighted by Gasteiger charge is 2.27. The Bertz CT molecular complexity index is 353. The van der Waals surface area contributed by atoms with Crippen LogP contribution in [0.3, 0.4) is 0 Å². The molecule has 120 valence electrons. The molecule has 2 aliphatic rings. The van der Waals surface area contributed by atoms with E-state index in [0.717, 1.165) is 19.4 Å². The van der Waals surface area contributed by atoms with Crippen LogP contribution in [-0.2, 0) is 9.53 Å². The van der Waals surface area contributed by atoms with Crippen molar-refractivity contribution in [1.82, 2.24) is 10.2 Å². The summed E-state index contributed by atoms with van der Waals surface area (Å²) in [7, 11) is 0. The lowest BCUT2D eigenvalue weighted by Crippen LogP contribution is -2.50. The minimum atomic E-state index is -0.371. The van der Waals surface area contributed by atoms with Crippen LogP contribution in [0.5, 0.6) is 0 Å². The van der Waals surface area contributed by atoms with E-state index in [1.165, 1.54) is 32.1 Å². The van der Waals surface area contributed by atoms with E-state index in [9.17, 15) is 9.59 Å². The first-order valence-electron chi connectivity index (χ1n) is 8.40. The van der Waals surface area contributed by atoms with Gasteiger partial charge in [0.05, 0.1) is 6.61 Å². The standard InChI is InChI=1S/C16H28N2O3/c1-2-21-16(20)17-14-9-6-10-18(12-14)15(19)11-13-7-4-3-5-8-13/h13-14H,2-12H2,1H3,(H,17,20)/t14-/m0/s1. The fourth-order valence-electron chi connectivity index (χ4n) is 3.43. The van der Waals surface area contributed by atoms with Crippen LogP contribution in [0.2, 0.25) is 0 Å². The maximum Gasteiger partial charge on any atom is 0.407 e. The van der Waals surface area contributed by atoms with Gasteiger partial charge in [0.2, 0.25) is 5.91 Å². The Kier molecular flexibility index (Phi) is 6.33. The van der Waals surface area contributed by atoms with Gasteiger partial charge < -0.3 is 15.0 Å². The SMILES string of the molecule is CCOC(=O)N[C@H]1CCCN(C(=O)CC2CCCCC2)C1. The lowest BCUT2D eigenvalue weighted by Gasteiger charge is -2.34. The minimum absolute atomic E-state index is 0.0353. The van der Waals surface area contributed by atoms with Gasteiger partial charge in [-0.2, -0.15) is 0 Å². The molecule has 1 saturated heterocycles. The predicted octanol–water partition coefficient (Wildman–Crippen LogP) is 2.69. The van der Waals surface area contributed by atoms with Crippen molar-refractivity contribution in [1.29, 1.82) is 0 Å². The Balaban J connectivity index is 1.76. The molecule has 1 aliphatic carbocycles. The van der Waals surface area contributed by atoms with Gasteiger partial charge in [-0.05, 0) is 38.5 Å². The molecular weight excluding hydrogens is 268 g/mol. The fourth-order valence-corrected chi connectivity index (χ4v) is 3.43. The van der Waals surface area contributed by atoms with Crippen molar-refractivity contribution in [2.45, 2.75) is 64.3 Å². The van der Waals surface area contributed by atoms with E-state index in [1.54, 1.807) is 6.92 Å². The molecular formula is C16H28N2O3. The molecule has 0 aromatic rings. The molecule has 5 heteroatoms. The normalized spacial score (nSPS) is 23.7. The van der Waals surface area contributed by atoms with E-state index < -0.39 is 0 Å². The second-order valence-electron chi connectivity index (χ2n) is 6.25. The lowest BCUT2D eigenvalue weighted by molar-refractivity contribution is -0.133. The summed E-state index contributed by atoms with van der Waals surface area (Å²) in [6.07, 6.45) is 8.44. The Morgan fingerprint density at radius 1 is 1.14 bits per heavy atom. The summed E-state index contributed by atoms with van der Waals surface area (Å²) in [5, 5.41) is 2.85. The zero-order valence-electron chi connectivity index (χ0n) is 13.1. The van der Waals surface area contributed by atoms with Crippen LogP contribution >= 0.6 is 0 Å². The van der Waals surface area contributed by atoms with E-state index >= 15 is 0 Å². The number of amides is 2. The van der Waals surface area contributed by atoms with Gasteiger partial charge in [0.1, 0.15) is 0 Å². The number of hydrogen-bond donors (Lipinski definition) is 1. The number of alkyl carbamates (subject to hydrolysis) is 1. The number of nitrogens with one attached hydrogen (secondary N) is 1. The summed E-state index contributed by atoms with van der Waals surface area (Å²) in [4.78, 5) is 25.8. The van der Waals surface area contributed by atoms with E-state index in [4.69, 9.17) is 4.74 Å². The topological polar surface area (TPSA) is 58.6 Å². The van der Waals surface area contributed by atoms with Gasteiger partial charge >= 0.3 is 6.09 Å². The maximum absolute atomic E-state index is 12.4. The van der Waals surface area contributed by atoms with Crippen LogP contribution in [-0.4, -0.2) is 42.6 Å². The molecule has 1 atom stereocenters. The molecule has 2 rings (SSSR count). The number of piperidine rings is 1. The van der Waals surface area contributed by atoms with Gasteiger partial charge in [0, 0.05) is 25.6 Å². The maximum atomic E-state index is 12.4. The van der Waals surface area contributed by atoms with Gasteiger partial charge in [-0.25, -0.2) is 4.79 Å². The van der Waals surface area contributed by atoms with Gasteiger partial charge in [-0.1, -0.05) is 19.3 Å². The third-order valence-corrected chi connectivity index (χ3v) is 4.56. The van der Waals surface area contributed by atoms with Gasteiger partial charge in [-0.3, -0.25) is 4.79 Å². The number of rotatable bonds is 4. The van der Waals surface area contributed by atoms with Crippen LogP contribution in [0.4, 0.5) is 4.79 Å². The van der Waals surface area contributed by atoms with Gasteiger partial charge in [-0.15, -0.1) is 0 Å². The van der Waals surface area contributed by atoms with Crippen molar-refractivity contribution in [2.75, 3.05) is 19.7 Å². The quantitative estimate of drug-likeness (QED) is 0.867. The summed E-state index contributed by atoms with van der Waals surface area (Å²) < 4.78 is 4.91. The lowest BCUT2D eigenvalue weighted by atomic mass is 9.86. The van der Waals surface area contributed by atoms with Crippen LogP contribution in [0.1, 0.15) is 58.3 Å². The monoisotopic (exact) mass is 296 g/mol. The van der Waals surface area contributed by atoms with Crippen molar-refractivity contribution in [2.24, 2.45) is 5.92 Å². The van der Waals surface area contributed by atoms with Gasteiger partial charge in [0.25, 0.3) is 0 Å². The molecule has 1 aliphatic heterocycles. The summed E-state index contributed by atoms with van der Waals surface area (Å²) in [6, 6.07) is 0.0353. The van der Waals surface area contributed by atoms with E-state index in [-0.39, 0.29) is 18.0 Å². The second-order valence-corrected chi connectivity index (χ2v) is 6.25. The molecule has 0 aromatic heterocycles. The van der Waals surface area contributed by atoms with Crippen molar-refractivity contribution < 1.29 is 14.3 Å². The molecule has 0 unspecified atom stereocenters. The van der Waals surface area contributed by atoms with Crippen molar-refractivity contribution in [3.63, 3.8) is 0 Å².